The molecule has 1 aromatic heterocycles. The van der Waals surface area contributed by atoms with E-state index in [1.54, 1.807) is 0 Å². The Morgan fingerprint density at radius 2 is 1.80 bits per heavy atom. The molecule has 102 valence electrons. The van der Waals surface area contributed by atoms with Crippen molar-refractivity contribution in [3.8, 4) is 11.1 Å². The maximum atomic E-state index is 6.20. The highest BCUT2D eigenvalue weighted by molar-refractivity contribution is 6.31. The second-order valence-electron chi connectivity index (χ2n) is 5.14. The van der Waals surface area contributed by atoms with Crippen LogP contribution in [-0.4, -0.2) is 4.57 Å². The predicted octanol–water partition coefficient (Wildman–Crippen LogP) is 4.52. The van der Waals surface area contributed by atoms with Crippen LogP contribution in [0.25, 0.3) is 22.0 Å². The third kappa shape index (κ3) is 2.01. The fourth-order valence-corrected chi connectivity index (χ4v) is 3.05. The molecule has 1 unspecified atom stereocenters. The van der Waals surface area contributed by atoms with Gasteiger partial charge in [-0.25, -0.2) is 0 Å². The maximum absolute atomic E-state index is 6.20. The van der Waals surface area contributed by atoms with Gasteiger partial charge in [0.1, 0.15) is 0 Å². The molecule has 1 atom stereocenters. The zero-order valence-electron chi connectivity index (χ0n) is 11.6. The number of benzene rings is 2. The number of nitrogens with two attached hydrogens (primary N) is 1. The van der Waals surface area contributed by atoms with Gasteiger partial charge in [-0.1, -0.05) is 41.9 Å². The summed E-state index contributed by atoms with van der Waals surface area (Å²) in [5.74, 6) is 0. The van der Waals surface area contributed by atoms with Gasteiger partial charge >= 0.3 is 0 Å². The van der Waals surface area contributed by atoms with E-state index in [0.717, 1.165) is 21.6 Å². The van der Waals surface area contributed by atoms with Crippen molar-refractivity contribution in [1.29, 1.82) is 0 Å². The lowest BCUT2D eigenvalue weighted by atomic mass is 9.99. The van der Waals surface area contributed by atoms with E-state index < -0.39 is 0 Å². The van der Waals surface area contributed by atoms with E-state index in [0.29, 0.717) is 0 Å². The summed E-state index contributed by atoms with van der Waals surface area (Å²) < 4.78 is 2.17. The van der Waals surface area contributed by atoms with Gasteiger partial charge in [-0.3, -0.25) is 0 Å². The third-order valence-electron chi connectivity index (χ3n) is 3.70. The van der Waals surface area contributed by atoms with Crippen LogP contribution < -0.4 is 5.73 Å². The Morgan fingerprint density at radius 3 is 2.45 bits per heavy atom. The summed E-state index contributed by atoms with van der Waals surface area (Å²) in [4.78, 5) is 0. The molecule has 0 radical (unpaired) electrons. The molecule has 2 aromatic carbocycles. The largest absolute Gasteiger partial charge is 0.346 e. The Labute approximate surface area is 123 Å². The first kappa shape index (κ1) is 13.2. The Balaban J connectivity index is 2.44. The van der Waals surface area contributed by atoms with Crippen molar-refractivity contribution >= 4 is 22.5 Å². The highest BCUT2D eigenvalue weighted by Gasteiger charge is 2.19. The summed E-state index contributed by atoms with van der Waals surface area (Å²) in [6.07, 6.45) is 0. The SMILES string of the molecule is CC(N)c1c(-c2ccccc2)c2cc(Cl)ccc2n1C. The highest BCUT2D eigenvalue weighted by atomic mass is 35.5. The number of aryl methyl sites for hydroxylation is 1. The number of halogens is 1. The second-order valence-corrected chi connectivity index (χ2v) is 5.57. The summed E-state index contributed by atoms with van der Waals surface area (Å²) in [6.45, 7) is 2.02. The number of fused-ring (bicyclic) bond motifs is 1. The minimum Gasteiger partial charge on any atom is -0.346 e. The lowest BCUT2D eigenvalue weighted by Crippen LogP contribution is -2.11. The Kier molecular flexibility index (Phi) is 3.28. The van der Waals surface area contributed by atoms with Crippen LogP contribution >= 0.6 is 11.6 Å². The Hall–Kier alpha value is -1.77. The summed E-state index contributed by atoms with van der Waals surface area (Å²) in [6, 6.07) is 16.3. The van der Waals surface area contributed by atoms with Crippen molar-refractivity contribution in [2.24, 2.45) is 12.8 Å². The van der Waals surface area contributed by atoms with Gasteiger partial charge in [-0.2, -0.15) is 0 Å². The minimum absolute atomic E-state index is 0.0404. The third-order valence-corrected chi connectivity index (χ3v) is 3.94. The maximum Gasteiger partial charge on any atom is 0.0487 e. The van der Waals surface area contributed by atoms with Crippen LogP contribution in [0, 0.1) is 0 Å². The van der Waals surface area contributed by atoms with E-state index in [-0.39, 0.29) is 6.04 Å². The molecule has 0 spiro atoms. The van der Waals surface area contributed by atoms with E-state index in [9.17, 15) is 0 Å². The molecule has 3 rings (SSSR count). The predicted molar refractivity (Wildman–Crippen MR) is 86.0 cm³/mol. The molecule has 2 nitrogen and oxygen atoms in total. The molecule has 20 heavy (non-hydrogen) atoms. The standard InChI is InChI=1S/C17H17ClN2/c1-11(19)17-16(12-6-4-3-5-7-12)14-10-13(18)8-9-15(14)20(17)2/h3-11H,19H2,1-2H3. The molecule has 3 aromatic rings. The molecule has 0 aliphatic rings. The first-order valence-corrected chi connectivity index (χ1v) is 7.06. The average molecular weight is 285 g/mol. The van der Waals surface area contributed by atoms with Crippen molar-refractivity contribution in [1.82, 2.24) is 4.57 Å². The average Bonchev–Trinajstić information content (AvgIpc) is 2.72. The fourth-order valence-electron chi connectivity index (χ4n) is 2.88. The molecule has 1 heterocycles. The lowest BCUT2D eigenvalue weighted by Gasteiger charge is -2.11. The molecule has 0 aliphatic heterocycles. The van der Waals surface area contributed by atoms with Gasteiger partial charge in [0.25, 0.3) is 0 Å². The van der Waals surface area contributed by atoms with Crippen molar-refractivity contribution in [3.63, 3.8) is 0 Å². The Morgan fingerprint density at radius 1 is 1.10 bits per heavy atom. The minimum atomic E-state index is -0.0404. The quantitative estimate of drug-likeness (QED) is 0.737. The zero-order valence-corrected chi connectivity index (χ0v) is 12.4. The van der Waals surface area contributed by atoms with Gasteiger partial charge in [0.05, 0.1) is 0 Å². The monoisotopic (exact) mass is 284 g/mol. The van der Waals surface area contributed by atoms with E-state index in [2.05, 4.69) is 29.8 Å². The molecule has 0 saturated heterocycles. The lowest BCUT2D eigenvalue weighted by molar-refractivity contribution is 0.729. The Bertz CT molecular complexity index is 758. The van der Waals surface area contributed by atoms with Crippen molar-refractivity contribution in [3.05, 3.63) is 59.2 Å². The number of hydrogen-bond acceptors (Lipinski definition) is 1. The normalized spacial score (nSPS) is 12.8. The number of nitrogens with zero attached hydrogens (tertiary/aromatic N) is 1. The molecule has 0 bridgehead atoms. The van der Waals surface area contributed by atoms with Crippen LogP contribution in [0.2, 0.25) is 5.02 Å². The van der Waals surface area contributed by atoms with Gasteiger partial charge in [0.2, 0.25) is 0 Å². The van der Waals surface area contributed by atoms with Crippen LogP contribution in [0.4, 0.5) is 0 Å². The smallest absolute Gasteiger partial charge is 0.0487 e. The topological polar surface area (TPSA) is 30.9 Å². The number of hydrogen-bond donors (Lipinski definition) is 1. The van der Waals surface area contributed by atoms with E-state index in [1.807, 2.05) is 37.3 Å². The highest BCUT2D eigenvalue weighted by Crippen LogP contribution is 2.37. The van der Waals surface area contributed by atoms with Gasteiger partial charge in [-0.05, 0) is 30.7 Å². The van der Waals surface area contributed by atoms with Crippen LogP contribution in [0.3, 0.4) is 0 Å². The van der Waals surface area contributed by atoms with Crippen molar-refractivity contribution in [2.75, 3.05) is 0 Å². The van der Waals surface area contributed by atoms with Gasteiger partial charge in [-0.15, -0.1) is 0 Å². The number of aromatic nitrogens is 1. The van der Waals surface area contributed by atoms with Crippen LogP contribution in [-0.2, 0) is 7.05 Å². The summed E-state index contributed by atoms with van der Waals surface area (Å²) in [5.41, 5.74) is 10.8. The molecule has 0 fully saturated rings. The summed E-state index contributed by atoms with van der Waals surface area (Å²) in [5, 5.41) is 1.90. The fraction of sp³-hybridized carbons (Fsp3) is 0.176. The zero-order chi connectivity index (χ0) is 14.3. The van der Waals surface area contributed by atoms with Gasteiger partial charge in [0, 0.05) is 40.3 Å². The van der Waals surface area contributed by atoms with E-state index in [1.165, 1.54) is 11.1 Å². The molecule has 0 amide bonds. The van der Waals surface area contributed by atoms with Crippen LogP contribution in [0.5, 0.6) is 0 Å². The van der Waals surface area contributed by atoms with Crippen molar-refractivity contribution < 1.29 is 0 Å². The molecule has 2 N–H and O–H groups in total. The van der Waals surface area contributed by atoms with E-state index >= 15 is 0 Å². The van der Waals surface area contributed by atoms with E-state index in [4.69, 9.17) is 17.3 Å². The molecule has 3 heteroatoms. The second kappa shape index (κ2) is 4.97. The van der Waals surface area contributed by atoms with Crippen LogP contribution in [0.1, 0.15) is 18.7 Å². The van der Waals surface area contributed by atoms with Crippen molar-refractivity contribution in [2.45, 2.75) is 13.0 Å². The summed E-state index contributed by atoms with van der Waals surface area (Å²) in [7, 11) is 2.06. The number of rotatable bonds is 2. The molecule has 0 saturated carbocycles. The first-order chi connectivity index (χ1) is 9.59. The molecular weight excluding hydrogens is 268 g/mol. The first-order valence-electron chi connectivity index (χ1n) is 6.68. The van der Waals surface area contributed by atoms with Gasteiger partial charge in [0.15, 0.2) is 0 Å². The van der Waals surface area contributed by atoms with Gasteiger partial charge < -0.3 is 10.3 Å². The molecular formula is C17H17ClN2. The molecule has 0 aliphatic carbocycles. The van der Waals surface area contributed by atoms with Crippen LogP contribution in [0.15, 0.2) is 48.5 Å². The summed E-state index contributed by atoms with van der Waals surface area (Å²) >= 11 is 6.18.